The molecule has 8 heteroatoms. The molecule has 3 aromatic heterocycles. The highest BCUT2D eigenvalue weighted by Crippen LogP contribution is 2.36. The number of hydrogen-bond donors (Lipinski definition) is 3. The second-order valence-electron chi connectivity index (χ2n) is 5.76. The van der Waals surface area contributed by atoms with E-state index in [1.165, 1.54) is 7.11 Å². The van der Waals surface area contributed by atoms with Gasteiger partial charge in [0.05, 0.1) is 30.2 Å². The minimum atomic E-state index is -0.543. The largest absolute Gasteiger partial charge is 0.453 e. The summed E-state index contributed by atoms with van der Waals surface area (Å²) in [4.78, 5) is 16.1. The Balaban J connectivity index is 1.90. The minimum Gasteiger partial charge on any atom is -0.453 e. The maximum atomic E-state index is 11.7. The third-order valence-electron chi connectivity index (χ3n) is 4.12. The zero-order chi connectivity index (χ0) is 18.1. The SMILES string of the molecule is COC(=O)Nc1cc(-c2c(-c3ccccn3)n[nH]c2C)cc2[nH]ncc12. The number of aromatic amines is 2. The number of hydrogen-bond acceptors (Lipinski definition) is 5. The van der Waals surface area contributed by atoms with E-state index >= 15 is 0 Å². The van der Waals surface area contributed by atoms with Crippen LogP contribution in [0.4, 0.5) is 10.5 Å². The molecule has 4 aromatic rings. The molecule has 26 heavy (non-hydrogen) atoms. The van der Waals surface area contributed by atoms with Gasteiger partial charge in [-0.25, -0.2) is 4.79 Å². The molecule has 3 N–H and O–H groups in total. The third kappa shape index (κ3) is 2.67. The number of ether oxygens (including phenoxy) is 1. The van der Waals surface area contributed by atoms with Gasteiger partial charge in [0.1, 0.15) is 5.69 Å². The van der Waals surface area contributed by atoms with Crippen molar-refractivity contribution in [2.45, 2.75) is 6.92 Å². The van der Waals surface area contributed by atoms with Crippen molar-refractivity contribution in [2.75, 3.05) is 12.4 Å². The van der Waals surface area contributed by atoms with Crippen LogP contribution in [0.3, 0.4) is 0 Å². The monoisotopic (exact) mass is 348 g/mol. The van der Waals surface area contributed by atoms with E-state index in [2.05, 4.69) is 30.7 Å². The fraction of sp³-hybridized carbons (Fsp3) is 0.111. The van der Waals surface area contributed by atoms with E-state index in [-0.39, 0.29) is 0 Å². The van der Waals surface area contributed by atoms with Gasteiger partial charge < -0.3 is 4.74 Å². The summed E-state index contributed by atoms with van der Waals surface area (Å²) >= 11 is 0. The van der Waals surface area contributed by atoms with Crippen LogP contribution in [0.25, 0.3) is 33.4 Å². The molecular formula is C18H16N6O2. The van der Waals surface area contributed by atoms with E-state index < -0.39 is 6.09 Å². The maximum Gasteiger partial charge on any atom is 0.411 e. The average molecular weight is 348 g/mol. The molecule has 0 unspecified atom stereocenters. The number of carbonyl (C=O) groups excluding carboxylic acids is 1. The van der Waals surface area contributed by atoms with Crippen molar-refractivity contribution < 1.29 is 9.53 Å². The van der Waals surface area contributed by atoms with Crippen LogP contribution >= 0.6 is 0 Å². The topological polar surface area (TPSA) is 109 Å². The van der Waals surface area contributed by atoms with Crippen molar-refractivity contribution >= 4 is 22.7 Å². The van der Waals surface area contributed by atoms with Crippen LogP contribution < -0.4 is 5.32 Å². The van der Waals surface area contributed by atoms with Crippen molar-refractivity contribution in [1.29, 1.82) is 0 Å². The Bertz CT molecular complexity index is 1080. The molecule has 0 aliphatic heterocycles. The van der Waals surface area contributed by atoms with Crippen LogP contribution in [0.15, 0.2) is 42.7 Å². The van der Waals surface area contributed by atoms with Crippen molar-refractivity contribution in [2.24, 2.45) is 0 Å². The highest BCUT2D eigenvalue weighted by molar-refractivity contribution is 6.02. The lowest BCUT2D eigenvalue weighted by Crippen LogP contribution is -2.11. The molecule has 0 atom stereocenters. The summed E-state index contributed by atoms with van der Waals surface area (Å²) in [6.45, 7) is 1.94. The van der Waals surface area contributed by atoms with Crippen LogP contribution in [-0.2, 0) is 4.74 Å². The Morgan fingerprint density at radius 2 is 2.12 bits per heavy atom. The van der Waals surface area contributed by atoms with Gasteiger partial charge >= 0.3 is 6.09 Å². The first kappa shape index (κ1) is 15.8. The van der Waals surface area contributed by atoms with Gasteiger partial charge in [-0.15, -0.1) is 0 Å². The Kier molecular flexibility index (Phi) is 3.85. The summed E-state index contributed by atoms with van der Waals surface area (Å²) in [5.41, 5.74) is 5.58. The zero-order valence-corrected chi connectivity index (χ0v) is 14.2. The molecule has 1 amide bonds. The van der Waals surface area contributed by atoms with Crippen LogP contribution in [0, 0.1) is 6.92 Å². The predicted molar refractivity (Wildman–Crippen MR) is 97.7 cm³/mol. The van der Waals surface area contributed by atoms with E-state index in [0.29, 0.717) is 5.69 Å². The minimum absolute atomic E-state index is 0.543. The summed E-state index contributed by atoms with van der Waals surface area (Å²) in [7, 11) is 1.32. The first-order valence-electron chi connectivity index (χ1n) is 7.96. The Morgan fingerprint density at radius 1 is 1.23 bits per heavy atom. The van der Waals surface area contributed by atoms with Gasteiger partial charge in [0, 0.05) is 22.8 Å². The van der Waals surface area contributed by atoms with Crippen LogP contribution in [-0.4, -0.2) is 38.6 Å². The van der Waals surface area contributed by atoms with Crippen LogP contribution in [0.2, 0.25) is 0 Å². The lowest BCUT2D eigenvalue weighted by atomic mass is 9.99. The third-order valence-corrected chi connectivity index (χ3v) is 4.12. The average Bonchev–Trinajstić information content (AvgIpc) is 3.28. The molecule has 3 heterocycles. The van der Waals surface area contributed by atoms with E-state index in [1.807, 2.05) is 37.3 Å². The molecule has 0 aliphatic carbocycles. The van der Waals surface area contributed by atoms with Gasteiger partial charge in [0.25, 0.3) is 0 Å². The van der Waals surface area contributed by atoms with Gasteiger partial charge in [-0.3, -0.25) is 20.5 Å². The number of nitrogens with zero attached hydrogens (tertiary/aromatic N) is 3. The Morgan fingerprint density at radius 3 is 2.88 bits per heavy atom. The molecule has 0 saturated carbocycles. The van der Waals surface area contributed by atoms with Crippen molar-refractivity contribution in [1.82, 2.24) is 25.4 Å². The quantitative estimate of drug-likeness (QED) is 0.525. The number of aryl methyl sites for hydroxylation is 1. The van der Waals surface area contributed by atoms with Gasteiger partial charge in [-0.2, -0.15) is 10.2 Å². The standard InChI is InChI=1S/C18H16N6O2/c1-10-16(17(24-22-10)13-5-3-4-6-19-13)11-7-14(21-18(25)26-2)12-9-20-23-15(12)8-11/h3-9H,1-2H3,(H,20,23)(H,21,25)(H,22,24). The number of benzene rings is 1. The molecule has 0 fully saturated rings. The van der Waals surface area contributed by atoms with Gasteiger partial charge in [-0.05, 0) is 36.8 Å². The van der Waals surface area contributed by atoms with E-state index in [1.54, 1.807) is 12.4 Å². The van der Waals surface area contributed by atoms with Crippen molar-refractivity contribution in [3.63, 3.8) is 0 Å². The fourth-order valence-corrected chi connectivity index (χ4v) is 2.93. The summed E-state index contributed by atoms with van der Waals surface area (Å²) in [6, 6.07) is 9.52. The molecule has 8 nitrogen and oxygen atoms in total. The first-order chi connectivity index (χ1) is 12.7. The number of carbonyl (C=O) groups is 1. The number of H-pyrrole nitrogens is 2. The smallest absolute Gasteiger partial charge is 0.411 e. The highest BCUT2D eigenvalue weighted by atomic mass is 16.5. The number of aromatic nitrogens is 5. The second kappa shape index (κ2) is 6.32. The van der Waals surface area contributed by atoms with Crippen LogP contribution in [0.5, 0.6) is 0 Å². The maximum absolute atomic E-state index is 11.7. The Hall–Kier alpha value is -3.68. The van der Waals surface area contributed by atoms with Crippen molar-refractivity contribution in [3.05, 3.63) is 48.4 Å². The normalized spacial score (nSPS) is 10.8. The van der Waals surface area contributed by atoms with Gasteiger partial charge in [0.2, 0.25) is 0 Å². The number of anilines is 1. The number of amides is 1. The molecule has 1 aromatic carbocycles. The highest BCUT2D eigenvalue weighted by Gasteiger charge is 2.18. The predicted octanol–water partition coefficient (Wildman–Crippen LogP) is 3.50. The van der Waals surface area contributed by atoms with E-state index in [4.69, 9.17) is 4.74 Å². The summed E-state index contributed by atoms with van der Waals surface area (Å²) in [5.74, 6) is 0. The molecule has 130 valence electrons. The molecular weight excluding hydrogens is 332 g/mol. The number of nitrogens with one attached hydrogen (secondary N) is 3. The molecule has 0 bridgehead atoms. The summed E-state index contributed by atoms with van der Waals surface area (Å²) < 4.78 is 4.72. The van der Waals surface area contributed by atoms with Crippen molar-refractivity contribution in [3.8, 4) is 22.5 Å². The fourth-order valence-electron chi connectivity index (χ4n) is 2.93. The number of fused-ring (bicyclic) bond motifs is 1. The number of rotatable bonds is 3. The molecule has 0 saturated heterocycles. The Labute approximate surface area is 148 Å². The summed E-state index contributed by atoms with van der Waals surface area (Å²) in [6.07, 6.45) is 2.84. The summed E-state index contributed by atoms with van der Waals surface area (Å²) in [5, 5.41) is 18.0. The first-order valence-corrected chi connectivity index (χ1v) is 7.96. The van der Waals surface area contributed by atoms with E-state index in [0.717, 1.165) is 39.1 Å². The van der Waals surface area contributed by atoms with Gasteiger partial charge in [0.15, 0.2) is 0 Å². The molecule has 4 rings (SSSR count). The molecule has 0 aliphatic rings. The zero-order valence-electron chi connectivity index (χ0n) is 14.2. The molecule has 0 spiro atoms. The van der Waals surface area contributed by atoms with Gasteiger partial charge in [-0.1, -0.05) is 6.07 Å². The lowest BCUT2D eigenvalue weighted by molar-refractivity contribution is 0.187. The lowest BCUT2D eigenvalue weighted by Gasteiger charge is -2.09. The second-order valence-corrected chi connectivity index (χ2v) is 5.76. The molecule has 0 radical (unpaired) electrons. The van der Waals surface area contributed by atoms with E-state index in [9.17, 15) is 4.79 Å². The number of pyridine rings is 1. The number of methoxy groups -OCH3 is 1. The van der Waals surface area contributed by atoms with Crippen LogP contribution in [0.1, 0.15) is 5.69 Å².